The van der Waals surface area contributed by atoms with Crippen molar-refractivity contribution < 1.29 is 19.1 Å². The van der Waals surface area contributed by atoms with Crippen LogP contribution < -0.4 is 14.8 Å². The van der Waals surface area contributed by atoms with Gasteiger partial charge in [-0.15, -0.1) is 0 Å². The van der Waals surface area contributed by atoms with E-state index in [-0.39, 0.29) is 18.3 Å². The van der Waals surface area contributed by atoms with Crippen molar-refractivity contribution >= 4 is 17.4 Å². The quantitative estimate of drug-likeness (QED) is 0.504. The zero-order valence-corrected chi connectivity index (χ0v) is 15.3. The number of ether oxygens (including phenoxy) is 2. The van der Waals surface area contributed by atoms with Gasteiger partial charge in [-0.05, 0) is 61.9 Å². The summed E-state index contributed by atoms with van der Waals surface area (Å²) in [5.41, 5.74) is 1.23. The van der Waals surface area contributed by atoms with Crippen molar-refractivity contribution in [3.8, 4) is 11.5 Å². The third-order valence-corrected chi connectivity index (χ3v) is 3.79. The number of hydrogen-bond acceptors (Lipinski definition) is 4. The summed E-state index contributed by atoms with van der Waals surface area (Å²) in [6.07, 6.45) is 3.37. The average Bonchev–Trinajstić information content (AvgIpc) is 2.65. The summed E-state index contributed by atoms with van der Waals surface area (Å²) in [6.45, 7) is 4.27. The molecule has 0 unspecified atom stereocenters. The summed E-state index contributed by atoms with van der Waals surface area (Å²) in [5.74, 6) is 1.13. The Morgan fingerprint density at radius 3 is 2.08 bits per heavy atom. The van der Waals surface area contributed by atoms with Gasteiger partial charge in [-0.2, -0.15) is 0 Å². The lowest BCUT2D eigenvalue weighted by atomic mass is 10.1. The SMILES string of the molecule is CCCCCOc1ccc(OCC(=O)Nc2ccc(C(C)=O)cc2)cc1. The summed E-state index contributed by atoms with van der Waals surface area (Å²) < 4.78 is 11.1. The van der Waals surface area contributed by atoms with E-state index in [1.807, 2.05) is 12.1 Å². The first-order valence-corrected chi connectivity index (χ1v) is 8.85. The van der Waals surface area contributed by atoms with E-state index in [4.69, 9.17) is 9.47 Å². The van der Waals surface area contributed by atoms with Crippen LogP contribution in [0, 0.1) is 0 Å². The predicted molar refractivity (Wildman–Crippen MR) is 102 cm³/mol. The Kier molecular flexibility index (Phi) is 7.68. The highest BCUT2D eigenvalue weighted by Crippen LogP contribution is 2.18. The van der Waals surface area contributed by atoms with Gasteiger partial charge in [0.15, 0.2) is 12.4 Å². The van der Waals surface area contributed by atoms with Crippen molar-refractivity contribution in [1.29, 1.82) is 0 Å². The van der Waals surface area contributed by atoms with Gasteiger partial charge < -0.3 is 14.8 Å². The molecule has 2 aromatic carbocycles. The van der Waals surface area contributed by atoms with Crippen LogP contribution in [-0.4, -0.2) is 24.9 Å². The number of nitrogens with one attached hydrogen (secondary N) is 1. The maximum Gasteiger partial charge on any atom is 0.262 e. The first-order valence-electron chi connectivity index (χ1n) is 8.85. The maximum absolute atomic E-state index is 11.9. The largest absolute Gasteiger partial charge is 0.494 e. The van der Waals surface area contributed by atoms with Gasteiger partial charge in [0, 0.05) is 11.3 Å². The van der Waals surface area contributed by atoms with Gasteiger partial charge in [0.1, 0.15) is 11.5 Å². The molecule has 0 bridgehead atoms. The number of carbonyl (C=O) groups excluding carboxylic acids is 2. The van der Waals surface area contributed by atoms with Gasteiger partial charge in [0.25, 0.3) is 5.91 Å². The smallest absolute Gasteiger partial charge is 0.262 e. The minimum absolute atomic E-state index is 0.0102. The summed E-state index contributed by atoms with van der Waals surface area (Å²) >= 11 is 0. The zero-order valence-electron chi connectivity index (χ0n) is 15.3. The zero-order chi connectivity index (χ0) is 18.8. The number of unbranched alkanes of at least 4 members (excludes halogenated alkanes) is 2. The number of hydrogen-bond donors (Lipinski definition) is 1. The highest BCUT2D eigenvalue weighted by atomic mass is 16.5. The van der Waals surface area contributed by atoms with E-state index in [0.717, 1.165) is 18.6 Å². The normalized spacial score (nSPS) is 10.2. The lowest BCUT2D eigenvalue weighted by Crippen LogP contribution is -2.20. The second-order valence-corrected chi connectivity index (χ2v) is 6.00. The number of benzene rings is 2. The fourth-order valence-corrected chi connectivity index (χ4v) is 2.31. The van der Waals surface area contributed by atoms with Crippen LogP contribution in [0.4, 0.5) is 5.69 Å². The Morgan fingerprint density at radius 2 is 1.50 bits per heavy atom. The highest BCUT2D eigenvalue weighted by molar-refractivity contribution is 5.95. The van der Waals surface area contributed by atoms with Crippen molar-refractivity contribution in [3.63, 3.8) is 0 Å². The molecule has 26 heavy (non-hydrogen) atoms. The van der Waals surface area contributed by atoms with Gasteiger partial charge >= 0.3 is 0 Å². The number of rotatable bonds is 10. The third kappa shape index (κ3) is 6.59. The van der Waals surface area contributed by atoms with Crippen LogP contribution in [0.5, 0.6) is 11.5 Å². The Hall–Kier alpha value is -2.82. The van der Waals surface area contributed by atoms with Gasteiger partial charge in [0.05, 0.1) is 6.61 Å². The van der Waals surface area contributed by atoms with Crippen LogP contribution >= 0.6 is 0 Å². The maximum atomic E-state index is 11.9. The van der Waals surface area contributed by atoms with E-state index in [0.29, 0.717) is 23.6 Å². The van der Waals surface area contributed by atoms with E-state index in [1.165, 1.54) is 13.3 Å². The van der Waals surface area contributed by atoms with Crippen molar-refractivity contribution in [2.45, 2.75) is 33.1 Å². The molecule has 0 fully saturated rings. The molecule has 0 heterocycles. The van der Waals surface area contributed by atoms with E-state index < -0.39 is 0 Å². The van der Waals surface area contributed by atoms with Gasteiger partial charge in [0.2, 0.25) is 0 Å². The van der Waals surface area contributed by atoms with E-state index in [2.05, 4.69) is 12.2 Å². The van der Waals surface area contributed by atoms with E-state index in [1.54, 1.807) is 36.4 Å². The first-order chi connectivity index (χ1) is 12.6. The molecule has 138 valence electrons. The first kappa shape index (κ1) is 19.5. The van der Waals surface area contributed by atoms with Crippen molar-refractivity contribution in [2.75, 3.05) is 18.5 Å². The minimum Gasteiger partial charge on any atom is -0.494 e. The average molecular weight is 355 g/mol. The van der Waals surface area contributed by atoms with Crippen LogP contribution in [-0.2, 0) is 4.79 Å². The molecule has 2 aromatic rings. The van der Waals surface area contributed by atoms with Crippen LogP contribution in [0.2, 0.25) is 0 Å². The van der Waals surface area contributed by atoms with Crippen LogP contribution in [0.15, 0.2) is 48.5 Å². The monoisotopic (exact) mass is 355 g/mol. The molecule has 0 aliphatic heterocycles. The van der Waals surface area contributed by atoms with Crippen LogP contribution in [0.3, 0.4) is 0 Å². The molecule has 0 radical (unpaired) electrons. The van der Waals surface area contributed by atoms with Crippen LogP contribution in [0.1, 0.15) is 43.5 Å². The number of anilines is 1. The molecule has 0 spiro atoms. The molecular formula is C21H25NO4. The summed E-state index contributed by atoms with van der Waals surface area (Å²) in [5, 5.41) is 2.73. The molecule has 5 heteroatoms. The number of amides is 1. The van der Waals surface area contributed by atoms with Gasteiger partial charge in [-0.1, -0.05) is 19.8 Å². The van der Waals surface area contributed by atoms with E-state index in [9.17, 15) is 9.59 Å². The second kappa shape index (κ2) is 10.2. The summed E-state index contributed by atoms with van der Waals surface area (Å²) in [7, 11) is 0. The molecule has 1 amide bonds. The van der Waals surface area contributed by atoms with Gasteiger partial charge in [-0.3, -0.25) is 9.59 Å². The second-order valence-electron chi connectivity index (χ2n) is 6.00. The molecular weight excluding hydrogens is 330 g/mol. The number of Topliss-reactive ketones (excluding diaryl/α,β-unsaturated/α-hetero) is 1. The lowest BCUT2D eigenvalue weighted by molar-refractivity contribution is -0.118. The Morgan fingerprint density at radius 1 is 0.885 bits per heavy atom. The fourth-order valence-electron chi connectivity index (χ4n) is 2.31. The Balaban J connectivity index is 1.75. The molecule has 5 nitrogen and oxygen atoms in total. The van der Waals surface area contributed by atoms with Crippen LogP contribution in [0.25, 0.3) is 0 Å². The number of carbonyl (C=O) groups is 2. The Labute approximate surface area is 154 Å². The molecule has 1 N–H and O–H groups in total. The summed E-state index contributed by atoms with van der Waals surface area (Å²) in [6, 6.07) is 14.0. The molecule has 0 saturated heterocycles. The fraction of sp³-hybridized carbons (Fsp3) is 0.333. The minimum atomic E-state index is -0.263. The standard InChI is InChI=1S/C21H25NO4/c1-3-4-5-14-25-19-10-12-20(13-11-19)26-15-21(24)22-18-8-6-17(7-9-18)16(2)23/h6-13H,3-5,14-15H2,1-2H3,(H,22,24). The third-order valence-electron chi connectivity index (χ3n) is 3.79. The molecule has 0 aliphatic rings. The van der Waals surface area contributed by atoms with Crippen molar-refractivity contribution in [3.05, 3.63) is 54.1 Å². The Bertz CT molecular complexity index is 708. The molecule has 2 rings (SSSR count). The molecule has 0 atom stereocenters. The molecule has 0 aliphatic carbocycles. The van der Waals surface area contributed by atoms with E-state index >= 15 is 0 Å². The number of ketones is 1. The van der Waals surface area contributed by atoms with Gasteiger partial charge in [-0.25, -0.2) is 0 Å². The lowest BCUT2D eigenvalue weighted by Gasteiger charge is -2.09. The van der Waals surface area contributed by atoms with Crippen molar-refractivity contribution in [2.24, 2.45) is 0 Å². The molecule has 0 aromatic heterocycles. The predicted octanol–water partition coefficient (Wildman–Crippen LogP) is 4.48. The summed E-state index contributed by atoms with van der Waals surface area (Å²) in [4.78, 5) is 23.2. The molecule has 0 saturated carbocycles. The van der Waals surface area contributed by atoms with Crippen molar-refractivity contribution in [1.82, 2.24) is 0 Å². The topological polar surface area (TPSA) is 64.6 Å². The highest BCUT2D eigenvalue weighted by Gasteiger charge is 2.05.